The van der Waals surface area contributed by atoms with Crippen LogP contribution in [-0.2, 0) is 6.42 Å². The van der Waals surface area contributed by atoms with Gasteiger partial charge in [-0.2, -0.15) is 0 Å². The van der Waals surface area contributed by atoms with Crippen LogP contribution in [0.1, 0.15) is 54.1 Å². The van der Waals surface area contributed by atoms with Crippen LogP contribution in [-0.4, -0.2) is 15.1 Å². The third-order valence-corrected chi connectivity index (χ3v) is 12.6. The lowest BCUT2D eigenvalue weighted by Crippen LogP contribution is -2.44. The quantitative estimate of drug-likeness (QED) is 0.170. The van der Waals surface area contributed by atoms with Gasteiger partial charge in [0.2, 0.25) is 0 Å². The molecule has 0 amide bonds. The third-order valence-electron chi connectivity index (χ3n) is 12.6. The van der Waals surface area contributed by atoms with Gasteiger partial charge in [-0.3, -0.25) is 4.98 Å². The van der Waals surface area contributed by atoms with Gasteiger partial charge in [0.25, 0.3) is 0 Å². The van der Waals surface area contributed by atoms with E-state index in [0.717, 1.165) is 36.2 Å². The lowest BCUT2D eigenvalue weighted by molar-refractivity contribution is 0.516. The summed E-state index contributed by atoms with van der Waals surface area (Å²) in [7, 11) is 0. The minimum Gasteiger partial charge on any atom is -0.335 e. The fourth-order valence-corrected chi connectivity index (χ4v) is 9.90. The highest BCUT2D eigenvalue weighted by Gasteiger charge is 2.47. The summed E-state index contributed by atoms with van der Waals surface area (Å²) in [5.41, 5.74) is 17.0. The molecule has 11 rings (SSSR count). The van der Waals surface area contributed by atoms with Crippen molar-refractivity contribution in [3.8, 4) is 39.2 Å². The standard InChI is InChI=1S/C54H43N3/c1-54-31-12-11-27-48(54)47-26-7-10-30-53(47)57(54)44-23-15-21-41(34-44)50-36-42(39-19-13-18-38(32-39)37-16-3-2-4-17-37)35-49(55-50)40-20-14-22-43(33-40)56-51-28-8-5-24-45(51)46-25-6-9-29-52(46)56/h2-8,10-28,30-33,35-36,41,48H,9,29,34H2,1H3. The molecular weight excluding hydrogens is 691 g/mol. The summed E-state index contributed by atoms with van der Waals surface area (Å²) < 4.78 is 2.48. The number of para-hydroxylation sites is 2. The molecule has 0 bridgehead atoms. The number of fused-ring (bicyclic) bond motifs is 6. The Kier molecular flexibility index (Phi) is 7.96. The molecule has 1 aliphatic heterocycles. The highest BCUT2D eigenvalue weighted by atomic mass is 15.2. The van der Waals surface area contributed by atoms with E-state index in [4.69, 9.17) is 4.98 Å². The van der Waals surface area contributed by atoms with E-state index >= 15 is 0 Å². The predicted octanol–water partition coefficient (Wildman–Crippen LogP) is 13.4. The van der Waals surface area contributed by atoms with Gasteiger partial charge in [0.1, 0.15) is 0 Å². The predicted molar refractivity (Wildman–Crippen MR) is 238 cm³/mol. The van der Waals surface area contributed by atoms with Gasteiger partial charge < -0.3 is 9.47 Å². The molecule has 0 saturated heterocycles. The molecule has 7 aromatic rings. The number of allylic oxidation sites excluding steroid dienone is 7. The zero-order valence-electron chi connectivity index (χ0n) is 32.1. The SMILES string of the molecule is CC12C=CC=CC1c1ccccc1N2C1=CC=CC(c2cc(-c3cccc(-c4ccccc4)c3)cc(-c3cccc(-n4c5c(c6ccccc64)C=CCC5)c3)n2)C1. The van der Waals surface area contributed by atoms with Crippen LogP contribution in [0.3, 0.4) is 0 Å². The normalized spacial score (nSPS) is 20.4. The zero-order chi connectivity index (χ0) is 37.9. The van der Waals surface area contributed by atoms with E-state index in [-0.39, 0.29) is 11.5 Å². The van der Waals surface area contributed by atoms with Gasteiger partial charge in [-0.1, -0.05) is 146 Å². The Hall–Kier alpha value is -6.71. The summed E-state index contributed by atoms with van der Waals surface area (Å²) in [4.78, 5) is 8.16. The van der Waals surface area contributed by atoms with Crippen molar-refractivity contribution in [2.75, 3.05) is 4.90 Å². The largest absolute Gasteiger partial charge is 0.335 e. The van der Waals surface area contributed by atoms with Crippen molar-refractivity contribution in [2.45, 2.75) is 43.6 Å². The lowest BCUT2D eigenvalue weighted by Gasteiger charge is -2.41. The lowest BCUT2D eigenvalue weighted by atomic mass is 9.80. The number of pyridine rings is 1. The first kappa shape index (κ1) is 33.6. The van der Waals surface area contributed by atoms with Crippen molar-refractivity contribution in [1.82, 2.24) is 9.55 Å². The van der Waals surface area contributed by atoms with Crippen molar-refractivity contribution < 1.29 is 0 Å². The van der Waals surface area contributed by atoms with E-state index in [9.17, 15) is 0 Å². The zero-order valence-corrected chi connectivity index (χ0v) is 32.1. The molecule has 57 heavy (non-hydrogen) atoms. The summed E-state index contributed by atoms with van der Waals surface area (Å²) >= 11 is 0. The maximum absolute atomic E-state index is 5.57. The van der Waals surface area contributed by atoms with Crippen molar-refractivity contribution in [2.24, 2.45) is 0 Å². The Morgan fingerprint density at radius 1 is 0.667 bits per heavy atom. The second-order valence-electron chi connectivity index (χ2n) is 16.0. The van der Waals surface area contributed by atoms with E-state index in [1.165, 1.54) is 67.0 Å². The number of anilines is 1. The van der Waals surface area contributed by atoms with Gasteiger partial charge in [-0.25, -0.2) is 0 Å². The van der Waals surface area contributed by atoms with Gasteiger partial charge in [-0.05, 0) is 103 Å². The van der Waals surface area contributed by atoms with E-state index in [2.05, 4.69) is 211 Å². The average molecular weight is 734 g/mol. The highest BCUT2D eigenvalue weighted by molar-refractivity contribution is 5.93. The minimum atomic E-state index is -0.170. The van der Waals surface area contributed by atoms with Crippen LogP contribution >= 0.6 is 0 Å². The molecule has 3 unspecified atom stereocenters. The maximum Gasteiger partial charge on any atom is 0.0712 e. The van der Waals surface area contributed by atoms with Gasteiger partial charge in [-0.15, -0.1) is 0 Å². The molecule has 274 valence electrons. The van der Waals surface area contributed by atoms with Crippen molar-refractivity contribution in [3.63, 3.8) is 0 Å². The van der Waals surface area contributed by atoms with Crippen molar-refractivity contribution in [3.05, 3.63) is 216 Å². The average Bonchev–Trinajstić information content (AvgIpc) is 3.76. The molecule has 3 nitrogen and oxygen atoms in total. The van der Waals surface area contributed by atoms with Crippen LogP contribution in [0, 0.1) is 0 Å². The van der Waals surface area contributed by atoms with Crippen LogP contribution < -0.4 is 4.90 Å². The molecule has 0 saturated carbocycles. The van der Waals surface area contributed by atoms with Gasteiger partial charge in [0.05, 0.1) is 16.7 Å². The van der Waals surface area contributed by atoms with Crippen molar-refractivity contribution in [1.29, 1.82) is 0 Å². The minimum absolute atomic E-state index is 0.106. The molecule has 5 aromatic carbocycles. The molecule has 3 heterocycles. The first-order valence-corrected chi connectivity index (χ1v) is 20.3. The molecule has 4 aliphatic rings. The Balaban J connectivity index is 1.03. The number of nitrogens with zero attached hydrogens (tertiary/aromatic N) is 3. The van der Waals surface area contributed by atoms with Gasteiger partial charge in [0, 0.05) is 56.8 Å². The fourth-order valence-electron chi connectivity index (χ4n) is 9.90. The van der Waals surface area contributed by atoms with E-state index < -0.39 is 0 Å². The number of benzene rings is 5. The van der Waals surface area contributed by atoms with E-state index in [1.54, 1.807) is 0 Å². The number of aromatic nitrogens is 2. The Bertz CT molecular complexity index is 2860. The van der Waals surface area contributed by atoms with Gasteiger partial charge >= 0.3 is 0 Å². The highest BCUT2D eigenvalue weighted by Crippen LogP contribution is 2.53. The molecule has 0 fully saturated rings. The summed E-state index contributed by atoms with van der Waals surface area (Å²) in [5.74, 6) is 0.412. The number of rotatable bonds is 6. The molecule has 0 N–H and O–H groups in total. The van der Waals surface area contributed by atoms with Crippen LogP contribution in [0.2, 0.25) is 0 Å². The van der Waals surface area contributed by atoms with Crippen LogP contribution in [0.25, 0.3) is 56.2 Å². The summed E-state index contributed by atoms with van der Waals surface area (Å²) in [6.45, 7) is 2.39. The third kappa shape index (κ3) is 5.60. The maximum atomic E-state index is 5.57. The number of hydrogen-bond donors (Lipinski definition) is 0. The van der Waals surface area contributed by atoms with Crippen LogP contribution in [0.4, 0.5) is 5.69 Å². The molecule has 3 atom stereocenters. The molecular formula is C54H43N3. The summed E-state index contributed by atoms with van der Waals surface area (Å²) in [6.07, 6.45) is 23.7. The first-order valence-electron chi connectivity index (χ1n) is 20.3. The monoisotopic (exact) mass is 733 g/mol. The molecule has 3 heteroatoms. The smallest absolute Gasteiger partial charge is 0.0712 e. The topological polar surface area (TPSA) is 21.1 Å². The van der Waals surface area contributed by atoms with Crippen molar-refractivity contribution >= 4 is 22.7 Å². The molecule has 0 spiro atoms. The number of hydrogen-bond acceptors (Lipinski definition) is 2. The fraction of sp³-hybridized carbons (Fsp3) is 0.130. The Labute approximate surface area is 335 Å². The summed E-state index contributed by atoms with van der Waals surface area (Å²) in [6, 6.07) is 51.1. The Morgan fingerprint density at radius 3 is 2.39 bits per heavy atom. The van der Waals surface area contributed by atoms with Crippen LogP contribution in [0.15, 0.2) is 194 Å². The molecule has 3 aliphatic carbocycles. The van der Waals surface area contributed by atoms with Gasteiger partial charge in [0.15, 0.2) is 0 Å². The van der Waals surface area contributed by atoms with E-state index in [1.807, 2.05) is 0 Å². The van der Waals surface area contributed by atoms with Crippen LogP contribution in [0.5, 0.6) is 0 Å². The summed E-state index contributed by atoms with van der Waals surface area (Å²) in [5, 5.41) is 1.31. The molecule has 0 radical (unpaired) electrons. The first-order chi connectivity index (χ1) is 28.1. The second-order valence-corrected chi connectivity index (χ2v) is 16.0. The second kappa shape index (κ2) is 13.5. The molecule has 2 aromatic heterocycles. The van der Waals surface area contributed by atoms with E-state index in [0.29, 0.717) is 5.92 Å². The Morgan fingerprint density at radius 2 is 1.46 bits per heavy atom.